The summed E-state index contributed by atoms with van der Waals surface area (Å²) in [4.78, 5) is 12.0. The van der Waals surface area contributed by atoms with Crippen LogP contribution < -0.4 is 5.14 Å². The third-order valence-corrected chi connectivity index (χ3v) is 7.69. The summed E-state index contributed by atoms with van der Waals surface area (Å²) in [6, 6.07) is 10.4. The number of primary sulfonamides is 1. The van der Waals surface area contributed by atoms with Gasteiger partial charge in [-0.25, -0.2) is 26.4 Å². The second kappa shape index (κ2) is 8.80. The van der Waals surface area contributed by atoms with Gasteiger partial charge in [0, 0.05) is 13.1 Å². The van der Waals surface area contributed by atoms with Gasteiger partial charge in [-0.05, 0) is 54.8 Å². The van der Waals surface area contributed by atoms with Crippen molar-refractivity contribution in [1.29, 1.82) is 0 Å². The summed E-state index contributed by atoms with van der Waals surface area (Å²) in [6.07, 6.45) is 0.576. The zero-order chi connectivity index (χ0) is 21.9. The minimum atomic E-state index is -3.92. The number of piperidine rings is 1. The second-order valence-electron chi connectivity index (χ2n) is 6.93. The third kappa shape index (κ3) is 5.22. The number of rotatable bonds is 6. The van der Waals surface area contributed by atoms with Crippen LogP contribution in [0.4, 0.5) is 4.39 Å². The molecule has 1 heterocycles. The second-order valence-corrected chi connectivity index (χ2v) is 10.4. The zero-order valence-corrected chi connectivity index (χ0v) is 17.5. The molecule has 0 atom stereocenters. The number of esters is 1. The van der Waals surface area contributed by atoms with Gasteiger partial charge in [-0.3, -0.25) is 4.79 Å². The Kier molecular flexibility index (Phi) is 6.56. The van der Waals surface area contributed by atoms with Crippen molar-refractivity contribution in [3.8, 4) is 0 Å². The van der Waals surface area contributed by atoms with Crippen LogP contribution in [0.5, 0.6) is 0 Å². The predicted octanol–water partition coefficient (Wildman–Crippen LogP) is 1.62. The molecule has 3 rings (SSSR count). The molecule has 1 fully saturated rings. The Balaban J connectivity index is 1.58. The van der Waals surface area contributed by atoms with Gasteiger partial charge in [0.1, 0.15) is 12.4 Å². The molecule has 162 valence electrons. The summed E-state index contributed by atoms with van der Waals surface area (Å²) in [7, 11) is -7.74. The number of hydrogen-bond acceptors (Lipinski definition) is 6. The molecule has 0 spiro atoms. The van der Waals surface area contributed by atoms with E-state index in [0.717, 1.165) is 12.1 Å². The molecule has 0 amide bonds. The first-order valence-electron chi connectivity index (χ1n) is 9.11. The lowest BCUT2D eigenvalue weighted by atomic mass is 9.98. The maximum Gasteiger partial charge on any atom is 0.309 e. The highest BCUT2D eigenvalue weighted by molar-refractivity contribution is 7.89. The summed E-state index contributed by atoms with van der Waals surface area (Å²) in [6.45, 7) is 0.198. The standard InChI is InChI=1S/C19H21FN2O6S2/c20-16-3-1-2-14(12-16)13-28-19(23)15-8-10-22(11-9-15)30(26,27)18-6-4-17(5-7-18)29(21,24)25/h1-7,12,15H,8-11,13H2,(H2,21,24,25). The molecule has 0 radical (unpaired) electrons. The van der Waals surface area contributed by atoms with Crippen LogP contribution in [-0.4, -0.2) is 40.2 Å². The number of ether oxygens (including phenoxy) is 1. The van der Waals surface area contributed by atoms with Crippen molar-refractivity contribution in [3.05, 3.63) is 59.9 Å². The molecule has 2 aromatic rings. The SMILES string of the molecule is NS(=O)(=O)c1ccc(S(=O)(=O)N2CCC(C(=O)OCc3cccc(F)c3)CC2)cc1. The molecule has 1 aliphatic heterocycles. The van der Waals surface area contributed by atoms with Crippen LogP contribution in [0.25, 0.3) is 0 Å². The summed E-state index contributed by atoms with van der Waals surface area (Å²) >= 11 is 0. The van der Waals surface area contributed by atoms with Crippen molar-refractivity contribution in [1.82, 2.24) is 4.31 Å². The quantitative estimate of drug-likeness (QED) is 0.659. The van der Waals surface area contributed by atoms with E-state index < -0.39 is 37.8 Å². The van der Waals surface area contributed by atoms with E-state index in [1.54, 1.807) is 6.07 Å². The maximum atomic E-state index is 13.2. The van der Waals surface area contributed by atoms with Crippen LogP contribution in [0.15, 0.2) is 58.3 Å². The number of hydrogen-bond donors (Lipinski definition) is 1. The summed E-state index contributed by atoms with van der Waals surface area (Å²) in [5, 5.41) is 5.02. The van der Waals surface area contributed by atoms with E-state index in [0.29, 0.717) is 5.56 Å². The van der Waals surface area contributed by atoms with E-state index in [4.69, 9.17) is 9.88 Å². The molecule has 11 heteroatoms. The largest absolute Gasteiger partial charge is 0.461 e. The van der Waals surface area contributed by atoms with E-state index in [-0.39, 0.29) is 42.3 Å². The number of nitrogens with two attached hydrogens (primary N) is 1. The minimum Gasteiger partial charge on any atom is -0.461 e. The van der Waals surface area contributed by atoms with Gasteiger partial charge in [0.05, 0.1) is 15.7 Å². The average molecular weight is 457 g/mol. The Morgan fingerprint density at radius 1 is 1.03 bits per heavy atom. The predicted molar refractivity (Wildman–Crippen MR) is 105 cm³/mol. The Morgan fingerprint density at radius 2 is 1.63 bits per heavy atom. The van der Waals surface area contributed by atoms with Gasteiger partial charge in [-0.1, -0.05) is 12.1 Å². The third-order valence-electron chi connectivity index (χ3n) is 4.85. The molecule has 8 nitrogen and oxygen atoms in total. The van der Waals surface area contributed by atoms with Crippen molar-refractivity contribution in [2.24, 2.45) is 11.1 Å². The van der Waals surface area contributed by atoms with Gasteiger partial charge in [-0.2, -0.15) is 4.31 Å². The number of benzene rings is 2. The minimum absolute atomic E-state index is 0.0501. The fraction of sp³-hybridized carbons (Fsp3) is 0.316. The lowest BCUT2D eigenvalue weighted by Gasteiger charge is -2.30. The van der Waals surface area contributed by atoms with Crippen LogP contribution in [0.2, 0.25) is 0 Å². The van der Waals surface area contributed by atoms with Gasteiger partial charge in [-0.15, -0.1) is 0 Å². The molecule has 30 heavy (non-hydrogen) atoms. The highest BCUT2D eigenvalue weighted by Gasteiger charge is 2.33. The van der Waals surface area contributed by atoms with Crippen molar-refractivity contribution in [2.45, 2.75) is 29.2 Å². The van der Waals surface area contributed by atoms with E-state index in [2.05, 4.69) is 0 Å². The van der Waals surface area contributed by atoms with Gasteiger partial charge in [0.2, 0.25) is 20.0 Å². The fourth-order valence-electron chi connectivity index (χ4n) is 3.18. The Labute approximate surface area is 174 Å². The number of carbonyl (C=O) groups is 1. The molecule has 2 N–H and O–H groups in total. The molecule has 0 aliphatic carbocycles. The highest BCUT2D eigenvalue weighted by atomic mass is 32.2. The fourth-order valence-corrected chi connectivity index (χ4v) is 5.17. The molecule has 1 aliphatic rings. The number of sulfonamides is 2. The molecule has 0 unspecified atom stereocenters. The van der Waals surface area contributed by atoms with Crippen molar-refractivity contribution in [3.63, 3.8) is 0 Å². The molecule has 2 aromatic carbocycles. The molecular formula is C19H21FN2O6S2. The monoisotopic (exact) mass is 456 g/mol. The normalized spacial score (nSPS) is 16.3. The van der Waals surface area contributed by atoms with Gasteiger partial charge >= 0.3 is 5.97 Å². The topological polar surface area (TPSA) is 124 Å². The molecule has 1 saturated heterocycles. The van der Waals surface area contributed by atoms with Crippen molar-refractivity contribution in [2.75, 3.05) is 13.1 Å². The smallest absolute Gasteiger partial charge is 0.309 e. The summed E-state index contributed by atoms with van der Waals surface area (Å²) in [5.41, 5.74) is 0.534. The molecular weight excluding hydrogens is 435 g/mol. The van der Waals surface area contributed by atoms with Crippen molar-refractivity contribution >= 4 is 26.0 Å². The van der Waals surface area contributed by atoms with Gasteiger partial charge < -0.3 is 4.74 Å². The first-order chi connectivity index (χ1) is 14.1. The lowest BCUT2D eigenvalue weighted by Crippen LogP contribution is -2.40. The zero-order valence-electron chi connectivity index (χ0n) is 15.9. The first kappa shape index (κ1) is 22.3. The van der Waals surface area contributed by atoms with Gasteiger partial charge in [0.25, 0.3) is 0 Å². The Morgan fingerprint density at radius 3 is 2.20 bits per heavy atom. The van der Waals surface area contributed by atoms with Crippen LogP contribution in [0.1, 0.15) is 18.4 Å². The van der Waals surface area contributed by atoms with Crippen LogP contribution in [-0.2, 0) is 36.2 Å². The Bertz CT molecular complexity index is 1130. The summed E-state index contributed by atoms with van der Waals surface area (Å²) < 4.78 is 67.8. The highest BCUT2D eigenvalue weighted by Crippen LogP contribution is 2.25. The van der Waals surface area contributed by atoms with Crippen molar-refractivity contribution < 1.29 is 30.8 Å². The first-order valence-corrected chi connectivity index (χ1v) is 12.1. The number of nitrogens with zero attached hydrogens (tertiary/aromatic N) is 1. The molecule has 0 aromatic heterocycles. The lowest BCUT2D eigenvalue weighted by molar-refractivity contribution is -0.151. The average Bonchev–Trinajstić information content (AvgIpc) is 2.71. The Hall–Kier alpha value is -2.34. The number of halogens is 1. The van der Waals surface area contributed by atoms with E-state index in [1.165, 1.54) is 34.6 Å². The van der Waals surface area contributed by atoms with Crippen LogP contribution in [0, 0.1) is 11.7 Å². The van der Waals surface area contributed by atoms with E-state index in [9.17, 15) is 26.0 Å². The summed E-state index contributed by atoms with van der Waals surface area (Å²) in [5.74, 6) is -1.32. The van der Waals surface area contributed by atoms with E-state index >= 15 is 0 Å². The molecule has 0 saturated carbocycles. The van der Waals surface area contributed by atoms with Crippen LogP contribution in [0.3, 0.4) is 0 Å². The number of carbonyl (C=O) groups excluding carboxylic acids is 1. The van der Waals surface area contributed by atoms with Gasteiger partial charge in [0.15, 0.2) is 0 Å². The van der Waals surface area contributed by atoms with Crippen LogP contribution >= 0.6 is 0 Å². The molecule has 0 bridgehead atoms. The maximum absolute atomic E-state index is 13.2. The van der Waals surface area contributed by atoms with E-state index in [1.807, 2.05) is 0 Å².